The molecule has 4 rings (SSSR count). The fourth-order valence-corrected chi connectivity index (χ4v) is 4.24. The first-order chi connectivity index (χ1) is 15.1. The van der Waals surface area contributed by atoms with Gasteiger partial charge >= 0.3 is 0 Å². The van der Waals surface area contributed by atoms with Crippen LogP contribution in [-0.2, 0) is 4.79 Å². The molecule has 2 aromatic rings. The Morgan fingerprint density at radius 3 is 2.26 bits per heavy atom. The summed E-state index contributed by atoms with van der Waals surface area (Å²) >= 11 is 0. The fraction of sp³-hybridized carbons (Fsp3) is 0.417. The molecule has 2 amide bonds. The van der Waals surface area contributed by atoms with Crippen molar-refractivity contribution in [3.05, 3.63) is 54.1 Å². The van der Waals surface area contributed by atoms with E-state index in [9.17, 15) is 9.59 Å². The van der Waals surface area contributed by atoms with Gasteiger partial charge in [-0.15, -0.1) is 0 Å². The highest BCUT2D eigenvalue weighted by atomic mass is 16.5. The van der Waals surface area contributed by atoms with E-state index >= 15 is 0 Å². The van der Waals surface area contributed by atoms with Crippen molar-refractivity contribution >= 4 is 23.2 Å². The van der Waals surface area contributed by atoms with E-state index in [0.717, 1.165) is 69.2 Å². The summed E-state index contributed by atoms with van der Waals surface area (Å²) in [7, 11) is 1.69. The molecular formula is C24H30N4O3. The predicted octanol–water partition coefficient (Wildman–Crippen LogP) is 2.69. The second-order valence-electron chi connectivity index (χ2n) is 8.06. The molecule has 0 saturated carbocycles. The number of ether oxygens (including phenoxy) is 1. The van der Waals surface area contributed by atoms with Gasteiger partial charge in [-0.2, -0.15) is 0 Å². The van der Waals surface area contributed by atoms with Crippen molar-refractivity contribution in [2.24, 2.45) is 0 Å². The monoisotopic (exact) mass is 422 g/mol. The molecular weight excluding hydrogens is 392 g/mol. The Balaban J connectivity index is 1.25. The second kappa shape index (κ2) is 9.83. The number of methoxy groups -OCH3 is 1. The first-order valence-electron chi connectivity index (χ1n) is 10.9. The van der Waals surface area contributed by atoms with Gasteiger partial charge in [-0.05, 0) is 49.2 Å². The smallest absolute Gasteiger partial charge is 0.253 e. The van der Waals surface area contributed by atoms with Crippen LogP contribution in [0.15, 0.2) is 48.5 Å². The summed E-state index contributed by atoms with van der Waals surface area (Å²) in [4.78, 5) is 31.3. The van der Waals surface area contributed by atoms with E-state index in [0.29, 0.717) is 12.1 Å². The Morgan fingerprint density at radius 2 is 1.58 bits per heavy atom. The van der Waals surface area contributed by atoms with Crippen LogP contribution in [0.25, 0.3) is 0 Å². The number of nitrogens with one attached hydrogen (secondary N) is 1. The standard InChI is InChI=1S/C24H30N4O3/c1-31-22-7-3-2-6-21(22)27-16-14-26(15-17-27)18-23(29)25-20-10-8-19(9-11-20)24(30)28-12-4-5-13-28/h2-3,6-11H,4-5,12-18H2,1H3,(H,25,29). The molecule has 1 N–H and O–H groups in total. The number of amides is 2. The number of carbonyl (C=O) groups is 2. The number of benzene rings is 2. The zero-order valence-corrected chi connectivity index (χ0v) is 18.0. The van der Waals surface area contributed by atoms with Gasteiger partial charge in [0.25, 0.3) is 5.91 Å². The van der Waals surface area contributed by atoms with Gasteiger partial charge < -0.3 is 19.9 Å². The molecule has 7 nitrogen and oxygen atoms in total. The van der Waals surface area contributed by atoms with Gasteiger partial charge in [-0.1, -0.05) is 12.1 Å². The van der Waals surface area contributed by atoms with Crippen LogP contribution in [-0.4, -0.2) is 74.5 Å². The minimum absolute atomic E-state index is 0.0376. The number of hydrogen-bond donors (Lipinski definition) is 1. The van der Waals surface area contributed by atoms with Gasteiger partial charge in [-0.25, -0.2) is 0 Å². The molecule has 7 heteroatoms. The maximum Gasteiger partial charge on any atom is 0.253 e. The number of rotatable bonds is 6. The minimum atomic E-state index is -0.0376. The van der Waals surface area contributed by atoms with Crippen molar-refractivity contribution in [1.29, 1.82) is 0 Å². The van der Waals surface area contributed by atoms with E-state index < -0.39 is 0 Å². The van der Waals surface area contributed by atoms with Gasteiger partial charge in [0.05, 0.1) is 19.3 Å². The lowest BCUT2D eigenvalue weighted by Crippen LogP contribution is -2.48. The average Bonchev–Trinajstić information content (AvgIpc) is 3.34. The van der Waals surface area contributed by atoms with Gasteiger partial charge in [0.1, 0.15) is 5.75 Å². The molecule has 0 radical (unpaired) electrons. The van der Waals surface area contributed by atoms with Crippen molar-refractivity contribution in [2.45, 2.75) is 12.8 Å². The van der Waals surface area contributed by atoms with Crippen LogP contribution in [0, 0.1) is 0 Å². The Bertz CT molecular complexity index is 901. The first kappa shape index (κ1) is 21.2. The average molecular weight is 423 g/mol. The Labute approximate surface area is 183 Å². The summed E-state index contributed by atoms with van der Waals surface area (Å²) in [6, 6.07) is 15.2. The quantitative estimate of drug-likeness (QED) is 0.776. The van der Waals surface area contributed by atoms with Crippen LogP contribution >= 0.6 is 0 Å². The van der Waals surface area contributed by atoms with Crippen molar-refractivity contribution < 1.29 is 14.3 Å². The lowest BCUT2D eigenvalue weighted by molar-refractivity contribution is -0.117. The molecule has 2 heterocycles. The second-order valence-corrected chi connectivity index (χ2v) is 8.06. The summed E-state index contributed by atoms with van der Waals surface area (Å²) in [6.45, 7) is 5.35. The molecule has 2 aliphatic rings. The molecule has 2 saturated heterocycles. The zero-order chi connectivity index (χ0) is 21.6. The molecule has 2 fully saturated rings. The van der Waals surface area contributed by atoms with Crippen LogP contribution < -0.4 is 15.0 Å². The number of hydrogen-bond acceptors (Lipinski definition) is 5. The number of carbonyl (C=O) groups excluding carboxylic acids is 2. The molecule has 0 bridgehead atoms. The highest BCUT2D eigenvalue weighted by Crippen LogP contribution is 2.28. The summed E-state index contributed by atoms with van der Waals surface area (Å²) in [5.74, 6) is 0.910. The summed E-state index contributed by atoms with van der Waals surface area (Å²) in [5, 5.41) is 2.95. The number of para-hydroxylation sites is 2. The lowest BCUT2D eigenvalue weighted by Gasteiger charge is -2.36. The third-order valence-corrected chi connectivity index (χ3v) is 5.97. The SMILES string of the molecule is COc1ccccc1N1CCN(CC(=O)Nc2ccc(C(=O)N3CCCC3)cc2)CC1. The van der Waals surface area contributed by atoms with Crippen LogP contribution in [0.1, 0.15) is 23.2 Å². The highest BCUT2D eigenvalue weighted by molar-refractivity contribution is 5.96. The number of likely N-dealkylation sites (tertiary alicyclic amines) is 1. The third kappa shape index (κ3) is 5.17. The predicted molar refractivity (Wildman–Crippen MR) is 122 cm³/mol. The van der Waals surface area contributed by atoms with Gasteiger partial charge in [-0.3, -0.25) is 14.5 Å². The maximum absolute atomic E-state index is 12.5. The molecule has 0 unspecified atom stereocenters. The number of nitrogens with zero attached hydrogens (tertiary/aromatic N) is 3. The van der Waals surface area contributed by atoms with Crippen molar-refractivity contribution in [3.8, 4) is 5.75 Å². The lowest BCUT2D eigenvalue weighted by atomic mass is 10.2. The van der Waals surface area contributed by atoms with Crippen LogP contribution in [0.3, 0.4) is 0 Å². The zero-order valence-electron chi connectivity index (χ0n) is 18.0. The van der Waals surface area contributed by atoms with Gasteiger partial charge in [0, 0.05) is 50.5 Å². The molecule has 0 aromatic heterocycles. The van der Waals surface area contributed by atoms with Crippen molar-refractivity contribution in [3.63, 3.8) is 0 Å². The maximum atomic E-state index is 12.5. The van der Waals surface area contributed by atoms with E-state index in [1.807, 2.05) is 23.1 Å². The van der Waals surface area contributed by atoms with Crippen molar-refractivity contribution in [1.82, 2.24) is 9.80 Å². The Morgan fingerprint density at radius 1 is 0.903 bits per heavy atom. The number of anilines is 2. The summed E-state index contributed by atoms with van der Waals surface area (Å²) in [5.41, 5.74) is 2.49. The molecule has 2 aliphatic heterocycles. The number of piperazine rings is 1. The fourth-order valence-electron chi connectivity index (χ4n) is 4.24. The first-order valence-corrected chi connectivity index (χ1v) is 10.9. The van der Waals surface area contributed by atoms with Gasteiger partial charge in [0.2, 0.25) is 5.91 Å². The molecule has 0 spiro atoms. The van der Waals surface area contributed by atoms with Crippen LogP contribution in [0.5, 0.6) is 5.75 Å². The van der Waals surface area contributed by atoms with E-state index in [1.54, 1.807) is 31.4 Å². The summed E-state index contributed by atoms with van der Waals surface area (Å²) < 4.78 is 5.47. The molecule has 0 aliphatic carbocycles. The van der Waals surface area contributed by atoms with E-state index in [1.165, 1.54) is 0 Å². The van der Waals surface area contributed by atoms with Crippen LogP contribution in [0.4, 0.5) is 11.4 Å². The van der Waals surface area contributed by atoms with Gasteiger partial charge in [0.15, 0.2) is 0 Å². The summed E-state index contributed by atoms with van der Waals surface area (Å²) in [6.07, 6.45) is 2.15. The topological polar surface area (TPSA) is 65.1 Å². The van der Waals surface area contributed by atoms with E-state index in [-0.39, 0.29) is 11.8 Å². The van der Waals surface area contributed by atoms with Crippen LogP contribution in [0.2, 0.25) is 0 Å². The molecule has 0 atom stereocenters. The van der Waals surface area contributed by atoms with E-state index in [2.05, 4.69) is 21.2 Å². The highest BCUT2D eigenvalue weighted by Gasteiger charge is 2.22. The Hall–Kier alpha value is -3.06. The Kier molecular flexibility index (Phi) is 6.72. The van der Waals surface area contributed by atoms with Crippen molar-refractivity contribution in [2.75, 3.05) is 63.1 Å². The normalized spacial score (nSPS) is 16.9. The molecule has 164 valence electrons. The minimum Gasteiger partial charge on any atom is -0.495 e. The third-order valence-electron chi connectivity index (χ3n) is 5.97. The molecule has 2 aromatic carbocycles. The van der Waals surface area contributed by atoms with E-state index in [4.69, 9.17) is 4.74 Å². The largest absolute Gasteiger partial charge is 0.495 e. The molecule has 31 heavy (non-hydrogen) atoms.